The fourth-order valence-corrected chi connectivity index (χ4v) is 1.98. The van der Waals surface area contributed by atoms with Gasteiger partial charge in [0.15, 0.2) is 0 Å². The molecule has 1 amide bonds. The lowest BCUT2D eigenvalue weighted by atomic mass is 10.2. The fourth-order valence-electron chi connectivity index (χ4n) is 1.19. The van der Waals surface area contributed by atoms with Crippen molar-refractivity contribution in [3.8, 4) is 0 Å². The van der Waals surface area contributed by atoms with Gasteiger partial charge in [-0.3, -0.25) is 9.59 Å². The second-order valence-electron chi connectivity index (χ2n) is 3.80. The molecule has 1 aromatic carbocycles. The van der Waals surface area contributed by atoms with E-state index in [1.54, 1.807) is 19.1 Å². The molecular formula is C12H14ClNO3S. The summed E-state index contributed by atoms with van der Waals surface area (Å²) in [6.45, 7) is 3.41. The quantitative estimate of drug-likeness (QED) is 0.874. The molecule has 0 aromatic heterocycles. The Hall–Kier alpha value is -1.20. The van der Waals surface area contributed by atoms with Crippen LogP contribution in [0.3, 0.4) is 0 Å². The van der Waals surface area contributed by atoms with Crippen LogP contribution in [-0.4, -0.2) is 28.0 Å². The largest absolute Gasteiger partial charge is 0.480 e. The number of aryl methyl sites for hydroxylation is 1. The number of rotatable bonds is 5. The van der Waals surface area contributed by atoms with Gasteiger partial charge in [-0.25, -0.2) is 0 Å². The molecule has 0 heterocycles. The minimum atomic E-state index is -0.924. The summed E-state index contributed by atoms with van der Waals surface area (Å²) >= 11 is 6.91. The SMILES string of the molecule is Cc1ccc(Cl)cc1NC(=O)CSC(C)C(=O)O. The maximum absolute atomic E-state index is 11.6. The number of benzene rings is 1. The fraction of sp³-hybridized carbons (Fsp3) is 0.333. The Kier molecular flexibility index (Phi) is 5.50. The molecule has 0 radical (unpaired) electrons. The molecule has 0 fully saturated rings. The molecule has 0 saturated heterocycles. The van der Waals surface area contributed by atoms with Gasteiger partial charge in [-0.1, -0.05) is 17.7 Å². The van der Waals surface area contributed by atoms with Gasteiger partial charge in [-0.05, 0) is 31.5 Å². The van der Waals surface area contributed by atoms with Crippen LogP contribution >= 0.6 is 23.4 Å². The van der Waals surface area contributed by atoms with Gasteiger partial charge in [0.2, 0.25) is 5.91 Å². The zero-order chi connectivity index (χ0) is 13.7. The predicted octanol–water partition coefficient (Wildman–Crippen LogP) is 2.79. The van der Waals surface area contributed by atoms with Crippen LogP contribution in [0.25, 0.3) is 0 Å². The molecule has 2 N–H and O–H groups in total. The number of carbonyl (C=O) groups excluding carboxylic acids is 1. The van der Waals surface area contributed by atoms with Gasteiger partial charge in [-0.2, -0.15) is 0 Å². The Labute approximate surface area is 115 Å². The first-order valence-corrected chi connectivity index (χ1v) is 6.73. The number of halogens is 1. The number of nitrogens with one attached hydrogen (secondary N) is 1. The summed E-state index contributed by atoms with van der Waals surface area (Å²) in [5.74, 6) is -1.07. The minimum absolute atomic E-state index is 0.0966. The molecule has 6 heteroatoms. The molecule has 1 unspecified atom stereocenters. The first-order chi connectivity index (χ1) is 8.40. The average molecular weight is 288 g/mol. The summed E-state index contributed by atoms with van der Waals surface area (Å²) in [5.41, 5.74) is 1.56. The van der Waals surface area contributed by atoms with Gasteiger partial charge < -0.3 is 10.4 Å². The zero-order valence-corrected chi connectivity index (χ0v) is 11.6. The molecule has 0 saturated carbocycles. The Morgan fingerprint density at radius 2 is 2.17 bits per heavy atom. The third-order valence-corrected chi connectivity index (χ3v) is 3.65. The van der Waals surface area contributed by atoms with Crippen LogP contribution in [0.15, 0.2) is 18.2 Å². The highest BCUT2D eigenvalue weighted by atomic mass is 35.5. The van der Waals surface area contributed by atoms with Gasteiger partial charge in [-0.15, -0.1) is 11.8 Å². The number of hydrogen-bond donors (Lipinski definition) is 2. The van der Waals surface area contributed by atoms with Crippen molar-refractivity contribution in [3.05, 3.63) is 28.8 Å². The summed E-state index contributed by atoms with van der Waals surface area (Å²) in [7, 11) is 0. The Bertz CT molecular complexity index is 465. The third-order valence-electron chi connectivity index (χ3n) is 2.29. The number of carboxylic acids is 1. The molecule has 1 rings (SSSR count). The lowest BCUT2D eigenvalue weighted by Crippen LogP contribution is -2.19. The highest BCUT2D eigenvalue weighted by molar-refractivity contribution is 8.01. The number of carboxylic acid groups (broad SMARTS) is 1. The second kappa shape index (κ2) is 6.66. The number of amides is 1. The van der Waals surface area contributed by atoms with Crippen molar-refractivity contribution in [1.82, 2.24) is 0 Å². The number of thioether (sulfide) groups is 1. The molecule has 0 aliphatic rings. The Balaban J connectivity index is 2.54. The summed E-state index contributed by atoms with van der Waals surface area (Å²) < 4.78 is 0. The summed E-state index contributed by atoms with van der Waals surface area (Å²) in [4.78, 5) is 22.2. The minimum Gasteiger partial charge on any atom is -0.480 e. The van der Waals surface area contributed by atoms with E-state index in [-0.39, 0.29) is 11.7 Å². The number of carbonyl (C=O) groups is 2. The van der Waals surface area contributed by atoms with Crippen LogP contribution in [0, 0.1) is 6.92 Å². The highest BCUT2D eigenvalue weighted by Crippen LogP contribution is 2.20. The number of anilines is 1. The van der Waals surface area contributed by atoms with Crippen molar-refractivity contribution in [2.45, 2.75) is 19.1 Å². The van der Waals surface area contributed by atoms with E-state index in [0.29, 0.717) is 10.7 Å². The van der Waals surface area contributed by atoms with Gasteiger partial charge in [0, 0.05) is 10.7 Å². The smallest absolute Gasteiger partial charge is 0.316 e. The Morgan fingerprint density at radius 1 is 1.50 bits per heavy atom. The van der Waals surface area contributed by atoms with Gasteiger partial charge >= 0.3 is 5.97 Å². The highest BCUT2D eigenvalue weighted by Gasteiger charge is 2.14. The van der Waals surface area contributed by atoms with E-state index in [1.807, 2.05) is 13.0 Å². The van der Waals surface area contributed by atoms with Crippen LogP contribution < -0.4 is 5.32 Å². The van der Waals surface area contributed by atoms with Crippen LogP contribution in [0.5, 0.6) is 0 Å². The maximum Gasteiger partial charge on any atom is 0.316 e. The van der Waals surface area contributed by atoms with E-state index in [1.165, 1.54) is 0 Å². The van der Waals surface area contributed by atoms with Crippen molar-refractivity contribution in [2.24, 2.45) is 0 Å². The molecule has 98 valence electrons. The molecule has 1 aromatic rings. The van der Waals surface area contributed by atoms with E-state index in [9.17, 15) is 9.59 Å². The molecular weight excluding hydrogens is 274 g/mol. The van der Waals surface area contributed by atoms with E-state index in [4.69, 9.17) is 16.7 Å². The van der Waals surface area contributed by atoms with Crippen molar-refractivity contribution in [3.63, 3.8) is 0 Å². The molecule has 0 aliphatic heterocycles. The van der Waals surface area contributed by atoms with Crippen molar-refractivity contribution >= 4 is 40.9 Å². The summed E-state index contributed by atoms with van der Waals surface area (Å²) in [6, 6.07) is 5.22. The Morgan fingerprint density at radius 3 is 2.78 bits per heavy atom. The first kappa shape index (κ1) is 14.9. The van der Waals surface area contributed by atoms with Crippen molar-refractivity contribution in [2.75, 3.05) is 11.1 Å². The number of aliphatic carboxylic acids is 1. The molecule has 0 spiro atoms. The topological polar surface area (TPSA) is 66.4 Å². The van der Waals surface area contributed by atoms with Gasteiger partial charge in [0.1, 0.15) is 0 Å². The second-order valence-corrected chi connectivity index (χ2v) is 5.56. The third kappa shape index (κ3) is 4.58. The summed E-state index contributed by atoms with van der Waals surface area (Å²) in [6.07, 6.45) is 0. The van der Waals surface area contributed by atoms with Gasteiger partial charge in [0.05, 0.1) is 11.0 Å². The molecule has 1 atom stereocenters. The van der Waals surface area contributed by atoms with Crippen LogP contribution in [-0.2, 0) is 9.59 Å². The summed E-state index contributed by atoms with van der Waals surface area (Å²) in [5, 5.41) is 11.3. The average Bonchev–Trinajstić information content (AvgIpc) is 2.30. The van der Waals surface area contributed by atoms with Gasteiger partial charge in [0.25, 0.3) is 0 Å². The lowest BCUT2D eigenvalue weighted by molar-refractivity contribution is -0.136. The lowest BCUT2D eigenvalue weighted by Gasteiger charge is -2.09. The molecule has 4 nitrogen and oxygen atoms in total. The van der Waals surface area contributed by atoms with E-state index in [2.05, 4.69) is 5.32 Å². The maximum atomic E-state index is 11.6. The zero-order valence-electron chi connectivity index (χ0n) is 10.1. The number of hydrogen-bond acceptors (Lipinski definition) is 3. The first-order valence-electron chi connectivity index (χ1n) is 5.30. The molecule has 0 aliphatic carbocycles. The van der Waals surface area contributed by atoms with E-state index >= 15 is 0 Å². The van der Waals surface area contributed by atoms with Crippen molar-refractivity contribution in [1.29, 1.82) is 0 Å². The monoisotopic (exact) mass is 287 g/mol. The van der Waals surface area contributed by atoms with E-state index in [0.717, 1.165) is 17.3 Å². The van der Waals surface area contributed by atoms with E-state index < -0.39 is 11.2 Å². The normalized spacial score (nSPS) is 11.9. The molecule has 0 bridgehead atoms. The molecule has 18 heavy (non-hydrogen) atoms. The van der Waals surface area contributed by atoms with Crippen LogP contribution in [0.1, 0.15) is 12.5 Å². The standard InChI is InChI=1S/C12H14ClNO3S/c1-7-3-4-9(13)5-10(7)14-11(15)6-18-8(2)12(16)17/h3-5,8H,6H2,1-2H3,(H,14,15)(H,16,17). The van der Waals surface area contributed by atoms with Crippen LogP contribution in [0.2, 0.25) is 5.02 Å². The predicted molar refractivity (Wildman–Crippen MR) is 74.4 cm³/mol. The van der Waals surface area contributed by atoms with Crippen molar-refractivity contribution < 1.29 is 14.7 Å². The van der Waals surface area contributed by atoms with Crippen LogP contribution in [0.4, 0.5) is 5.69 Å².